The zero-order chi connectivity index (χ0) is 22.1. The summed E-state index contributed by atoms with van der Waals surface area (Å²) < 4.78 is 55.6. The van der Waals surface area contributed by atoms with E-state index in [0.717, 1.165) is 12.1 Å². The van der Waals surface area contributed by atoms with Gasteiger partial charge in [0, 0.05) is 17.2 Å². The topological polar surface area (TPSA) is 59.8 Å². The highest BCUT2D eigenvalue weighted by atomic mass is 19.3. The molecule has 0 saturated heterocycles. The molecule has 0 atom stereocenters. The van der Waals surface area contributed by atoms with Crippen LogP contribution in [0.1, 0.15) is 17.7 Å². The Kier molecular flexibility index (Phi) is 5.41. The van der Waals surface area contributed by atoms with Crippen molar-refractivity contribution in [2.24, 2.45) is 0 Å². The van der Waals surface area contributed by atoms with Crippen LogP contribution < -0.4 is 5.32 Å². The Balaban J connectivity index is 1.74. The number of carbonyl (C=O) groups is 1. The molecule has 0 spiro atoms. The minimum absolute atomic E-state index is 0.115. The number of pyridine rings is 1. The van der Waals surface area contributed by atoms with Crippen molar-refractivity contribution in [1.82, 2.24) is 14.8 Å². The lowest BCUT2D eigenvalue weighted by Gasteiger charge is -2.09. The summed E-state index contributed by atoms with van der Waals surface area (Å²) in [5.41, 5.74) is 0.912. The number of amides is 1. The lowest BCUT2D eigenvalue weighted by Crippen LogP contribution is -2.20. The Hall–Kier alpha value is -3.75. The smallest absolute Gasteiger partial charge is 0.264 e. The summed E-state index contributed by atoms with van der Waals surface area (Å²) in [5.74, 6) is -2.37. The molecule has 2 aromatic heterocycles. The predicted molar refractivity (Wildman–Crippen MR) is 108 cm³/mol. The van der Waals surface area contributed by atoms with Crippen molar-refractivity contribution in [2.75, 3.05) is 5.32 Å². The summed E-state index contributed by atoms with van der Waals surface area (Å²) in [6.07, 6.45) is -2.77. The summed E-state index contributed by atoms with van der Waals surface area (Å²) in [4.78, 5) is 16.9. The van der Waals surface area contributed by atoms with Gasteiger partial charge in [-0.1, -0.05) is 30.3 Å². The van der Waals surface area contributed by atoms with Gasteiger partial charge in [-0.15, -0.1) is 0 Å². The average molecular weight is 428 g/mol. The molecular weight excluding hydrogens is 412 g/mol. The van der Waals surface area contributed by atoms with Crippen molar-refractivity contribution < 1.29 is 22.4 Å². The first-order chi connectivity index (χ1) is 14.8. The number of aryl methyl sites for hydroxylation is 1. The Bertz CT molecular complexity index is 1270. The number of anilines is 1. The maximum absolute atomic E-state index is 13.8. The number of carbonyl (C=O) groups excluding carboxylic acids is 1. The molecular formula is C22H16F4N4O. The minimum atomic E-state index is -2.77. The van der Waals surface area contributed by atoms with Crippen LogP contribution in [0.2, 0.25) is 0 Å². The first-order valence-electron chi connectivity index (χ1n) is 9.30. The highest BCUT2D eigenvalue weighted by Gasteiger charge is 2.22. The highest BCUT2D eigenvalue weighted by molar-refractivity contribution is 5.92. The van der Waals surface area contributed by atoms with Crippen molar-refractivity contribution in [3.63, 3.8) is 0 Å². The maximum Gasteiger partial charge on any atom is 0.264 e. The molecule has 0 aliphatic carbocycles. The molecule has 2 aromatic carbocycles. The fourth-order valence-corrected chi connectivity index (χ4v) is 3.34. The van der Waals surface area contributed by atoms with Gasteiger partial charge in [0.15, 0.2) is 5.65 Å². The molecule has 0 fully saturated rings. The van der Waals surface area contributed by atoms with Gasteiger partial charge in [0.25, 0.3) is 6.43 Å². The summed E-state index contributed by atoms with van der Waals surface area (Å²) in [5, 5.41) is 6.68. The Morgan fingerprint density at radius 3 is 2.52 bits per heavy atom. The van der Waals surface area contributed by atoms with Crippen LogP contribution in [0.25, 0.3) is 22.3 Å². The highest BCUT2D eigenvalue weighted by Crippen LogP contribution is 2.33. The Labute approximate surface area is 174 Å². The summed E-state index contributed by atoms with van der Waals surface area (Å²) in [6, 6.07) is 12.9. The summed E-state index contributed by atoms with van der Waals surface area (Å²) >= 11 is 0. The molecule has 4 rings (SSSR count). The van der Waals surface area contributed by atoms with E-state index in [9.17, 15) is 22.4 Å². The van der Waals surface area contributed by atoms with Crippen LogP contribution in [0.4, 0.5) is 23.2 Å². The van der Waals surface area contributed by atoms with Crippen molar-refractivity contribution in [1.29, 1.82) is 0 Å². The molecule has 0 aliphatic heterocycles. The lowest BCUT2D eigenvalue weighted by atomic mass is 10.1. The van der Waals surface area contributed by atoms with Gasteiger partial charge in [0.1, 0.15) is 18.2 Å². The van der Waals surface area contributed by atoms with Crippen molar-refractivity contribution >= 4 is 22.6 Å². The summed E-state index contributed by atoms with van der Waals surface area (Å²) in [7, 11) is 0. The van der Waals surface area contributed by atoms with Crippen LogP contribution in [-0.4, -0.2) is 20.7 Å². The van der Waals surface area contributed by atoms with Gasteiger partial charge >= 0.3 is 0 Å². The molecule has 1 N–H and O–H groups in total. The molecule has 158 valence electrons. The van der Waals surface area contributed by atoms with Gasteiger partial charge in [-0.2, -0.15) is 5.10 Å². The molecule has 4 aromatic rings. The number of nitrogens with one attached hydrogen (secondary N) is 1. The number of hydrogen-bond acceptors (Lipinski definition) is 3. The first kappa shape index (κ1) is 20.5. The van der Waals surface area contributed by atoms with Crippen LogP contribution in [0, 0.1) is 18.6 Å². The van der Waals surface area contributed by atoms with E-state index in [2.05, 4.69) is 15.4 Å². The summed E-state index contributed by atoms with van der Waals surface area (Å²) in [6.45, 7) is 1.15. The van der Waals surface area contributed by atoms with Gasteiger partial charge in [-0.25, -0.2) is 27.2 Å². The predicted octanol–water partition coefficient (Wildman–Crippen LogP) is 5.26. The lowest BCUT2D eigenvalue weighted by molar-refractivity contribution is -0.116. The Morgan fingerprint density at radius 2 is 1.84 bits per heavy atom. The number of halogens is 4. The molecule has 5 nitrogen and oxygen atoms in total. The third-order valence-corrected chi connectivity index (χ3v) is 4.71. The maximum atomic E-state index is 13.8. The van der Waals surface area contributed by atoms with Gasteiger partial charge in [-0.05, 0) is 25.1 Å². The molecule has 0 unspecified atom stereocenters. The van der Waals surface area contributed by atoms with Crippen molar-refractivity contribution in [3.05, 3.63) is 77.5 Å². The van der Waals surface area contributed by atoms with Crippen molar-refractivity contribution in [2.45, 2.75) is 19.9 Å². The van der Waals surface area contributed by atoms with E-state index < -0.39 is 30.5 Å². The number of nitrogens with zero attached hydrogens (tertiary/aromatic N) is 3. The fraction of sp³-hybridized carbons (Fsp3) is 0.136. The third-order valence-electron chi connectivity index (χ3n) is 4.71. The van der Waals surface area contributed by atoms with Crippen LogP contribution in [-0.2, 0) is 11.3 Å². The van der Waals surface area contributed by atoms with E-state index in [1.807, 2.05) is 0 Å². The molecule has 9 heteroatoms. The van der Waals surface area contributed by atoms with E-state index >= 15 is 0 Å². The molecule has 1 amide bonds. The molecule has 31 heavy (non-hydrogen) atoms. The number of benzene rings is 2. The van der Waals surface area contributed by atoms with Gasteiger partial charge in [0.2, 0.25) is 5.91 Å². The Morgan fingerprint density at radius 1 is 1.10 bits per heavy atom. The van der Waals surface area contributed by atoms with Crippen LogP contribution in [0.15, 0.2) is 54.6 Å². The van der Waals surface area contributed by atoms with Crippen LogP contribution in [0.5, 0.6) is 0 Å². The quantitative estimate of drug-likeness (QED) is 0.441. The normalized spacial score (nSPS) is 11.3. The van der Waals surface area contributed by atoms with Gasteiger partial charge in [-0.3, -0.25) is 4.79 Å². The molecule has 0 radical (unpaired) electrons. The monoisotopic (exact) mass is 428 g/mol. The van der Waals surface area contributed by atoms with E-state index in [4.69, 9.17) is 0 Å². The number of alkyl halides is 2. The molecule has 0 saturated carbocycles. The third kappa shape index (κ3) is 4.11. The van der Waals surface area contributed by atoms with Crippen LogP contribution >= 0.6 is 0 Å². The number of aromatic nitrogens is 3. The average Bonchev–Trinajstić information content (AvgIpc) is 3.05. The number of rotatable bonds is 5. The molecule has 2 heterocycles. The second-order valence-electron chi connectivity index (χ2n) is 6.88. The van der Waals surface area contributed by atoms with E-state index in [1.54, 1.807) is 37.3 Å². The van der Waals surface area contributed by atoms with Crippen molar-refractivity contribution in [3.8, 4) is 11.3 Å². The van der Waals surface area contributed by atoms with Gasteiger partial charge in [0.05, 0.1) is 22.5 Å². The van der Waals surface area contributed by atoms with E-state index in [1.165, 1.54) is 10.7 Å². The minimum Gasteiger partial charge on any atom is -0.322 e. The standard InChI is InChI=1S/C22H16F4N4O/c1-12-20-15(21(25)26)10-18(13-5-3-2-4-6-13)28-22(20)30(29-12)11-19(31)27-17-8-7-14(23)9-16(17)24/h2-10,21H,11H2,1H3,(H,27,31). The largest absolute Gasteiger partial charge is 0.322 e. The van der Waals surface area contributed by atoms with Crippen LogP contribution in [0.3, 0.4) is 0 Å². The number of fused-ring (bicyclic) bond motifs is 1. The number of hydrogen-bond donors (Lipinski definition) is 1. The zero-order valence-electron chi connectivity index (χ0n) is 16.2. The molecule has 0 bridgehead atoms. The second-order valence-corrected chi connectivity index (χ2v) is 6.88. The van der Waals surface area contributed by atoms with Gasteiger partial charge < -0.3 is 5.32 Å². The molecule has 0 aliphatic rings. The van der Waals surface area contributed by atoms with E-state index in [0.29, 0.717) is 17.3 Å². The second kappa shape index (κ2) is 8.17. The zero-order valence-corrected chi connectivity index (χ0v) is 16.2. The van der Waals surface area contributed by atoms with E-state index in [-0.39, 0.29) is 28.0 Å². The SMILES string of the molecule is Cc1nn(CC(=O)Nc2ccc(F)cc2F)c2nc(-c3ccccc3)cc(C(F)F)c12. The fourth-order valence-electron chi connectivity index (χ4n) is 3.34. The first-order valence-corrected chi connectivity index (χ1v) is 9.30.